The number of hydrogen-bond acceptors (Lipinski definition) is 5. The molecule has 0 bridgehead atoms. The van der Waals surface area contributed by atoms with Crippen LogP contribution in [0.4, 0.5) is 5.69 Å². The summed E-state index contributed by atoms with van der Waals surface area (Å²) in [5.74, 6) is -0.118. The molecule has 0 saturated heterocycles. The van der Waals surface area contributed by atoms with Crippen LogP contribution in [0.15, 0.2) is 18.2 Å². The molecule has 1 aromatic rings. The van der Waals surface area contributed by atoms with Gasteiger partial charge >= 0.3 is 5.97 Å². The summed E-state index contributed by atoms with van der Waals surface area (Å²) < 4.78 is 9.54. The average molecular weight is 325 g/mol. The predicted octanol–water partition coefficient (Wildman–Crippen LogP) is 0.579. The number of ether oxygens (including phenoxy) is 2. The molecule has 0 aromatic heterocycles. The monoisotopic (exact) mass is 325 g/mol. The maximum atomic E-state index is 11.5. The first kappa shape index (κ1) is 17.7. The first-order valence-corrected chi connectivity index (χ1v) is 6.90. The number of methoxy groups -OCH3 is 2. The SMILES string of the molecule is COC(=O)CNC(=O)CNC(=S)Nc1ccc(OC)cc1C. The summed E-state index contributed by atoms with van der Waals surface area (Å²) in [6.07, 6.45) is 0. The van der Waals surface area contributed by atoms with E-state index in [4.69, 9.17) is 17.0 Å². The van der Waals surface area contributed by atoms with Gasteiger partial charge in [0.25, 0.3) is 0 Å². The van der Waals surface area contributed by atoms with Gasteiger partial charge in [-0.05, 0) is 42.9 Å². The number of hydrogen-bond donors (Lipinski definition) is 3. The largest absolute Gasteiger partial charge is 0.497 e. The third kappa shape index (κ3) is 5.96. The molecule has 0 fully saturated rings. The molecule has 8 heteroatoms. The van der Waals surface area contributed by atoms with Crippen molar-refractivity contribution >= 4 is 34.9 Å². The standard InChI is InChI=1S/C14H19N3O4S/c1-9-6-10(20-2)4-5-11(9)17-14(22)16-7-12(18)15-8-13(19)21-3/h4-6H,7-8H2,1-3H3,(H,15,18)(H2,16,17,22). The van der Waals surface area contributed by atoms with Crippen LogP contribution >= 0.6 is 12.2 Å². The second-order valence-corrected chi connectivity index (χ2v) is 4.75. The lowest BCUT2D eigenvalue weighted by Gasteiger charge is -2.13. The van der Waals surface area contributed by atoms with Gasteiger partial charge in [0.1, 0.15) is 12.3 Å². The minimum atomic E-state index is -0.511. The van der Waals surface area contributed by atoms with Crippen LogP contribution in [-0.4, -0.2) is 44.3 Å². The number of aryl methyl sites for hydroxylation is 1. The number of benzene rings is 1. The van der Waals surface area contributed by atoms with E-state index >= 15 is 0 Å². The van der Waals surface area contributed by atoms with Gasteiger partial charge in [0.2, 0.25) is 5.91 Å². The molecule has 7 nitrogen and oxygen atoms in total. The smallest absolute Gasteiger partial charge is 0.325 e. The number of carbonyl (C=O) groups excluding carboxylic acids is 2. The molecular weight excluding hydrogens is 306 g/mol. The zero-order valence-electron chi connectivity index (χ0n) is 12.7. The fraction of sp³-hybridized carbons (Fsp3) is 0.357. The summed E-state index contributed by atoms with van der Waals surface area (Å²) in [7, 11) is 2.85. The number of esters is 1. The summed E-state index contributed by atoms with van der Waals surface area (Å²) in [5, 5.41) is 8.45. The highest BCUT2D eigenvalue weighted by Crippen LogP contribution is 2.20. The van der Waals surface area contributed by atoms with Gasteiger partial charge in [-0.15, -0.1) is 0 Å². The molecule has 0 spiro atoms. The Morgan fingerprint density at radius 2 is 1.91 bits per heavy atom. The lowest BCUT2D eigenvalue weighted by molar-refractivity contribution is -0.141. The Kier molecular flexibility index (Phi) is 7.11. The summed E-state index contributed by atoms with van der Waals surface area (Å²) in [4.78, 5) is 22.4. The third-order valence-electron chi connectivity index (χ3n) is 2.75. The lowest BCUT2D eigenvalue weighted by atomic mass is 10.2. The van der Waals surface area contributed by atoms with E-state index in [1.54, 1.807) is 13.2 Å². The van der Waals surface area contributed by atoms with Crippen molar-refractivity contribution in [2.24, 2.45) is 0 Å². The van der Waals surface area contributed by atoms with E-state index in [1.165, 1.54) is 7.11 Å². The van der Waals surface area contributed by atoms with Crippen LogP contribution < -0.4 is 20.7 Å². The van der Waals surface area contributed by atoms with Gasteiger partial charge in [0.15, 0.2) is 5.11 Å². The molecule has 0 radical (unpaired) electrons. The molecule has 120 valence electrons. The molecule has 3 N–H and O–H groups in total. The number of amides is 1. The second-order valence-electron chi connectivity index (χ2n) is 4.34. The van der Waals surface area contributed by atoms with Crippen molar-refractivity contribution in [2.45, 2.75) is 6.92 Å². The van der Waals surface area contributed by atoms with Crippen molar-refractivity contribution in [3.05, 3.63) is 23.8 Å². The van der Waals surface area contributed by atoms with E-state index in [0.717, 1.165) is 17.0 Å². The van der Waals surface area contributed by atoms with Crippen LogP contribution in [0, 0.1) is 6.92 Å². The summed E-state index contributed by atoms with van der Waals surface area (Å²) >= 11 is 5.11. The Morgan fingerprint density at radius 3 is 2.50 bits per heavy atom. The van der Waals surface area contributed by atoms with Gasteiger partial charge in [0.05, 0.1) is 20.8 Å². The van der Waals surface area contributed by atoms with Crippen molar-refractivity contribution in [2.75, 3.05) is 32.6 Å². The van der Waals surface area contributed by atoms with Crippen molar-refractivity contribution < 1.29 is 19.1 Å². The fourth-order valence-corrected chi connectivity index (χ4v) is 1.72. The normalized spacial score (nSPS) is 9.59. The van der Waals surface area contributed by atoms with Gasteiger partial charge in [0, 0.05) is 5.69 Å². The molecule has 1 amide bonds. The molecule has 1 aromatic carbocycles. The zero-order valence-corrected chi connectivity index (χ0v) is 13.5. The Morgan fingerprint density at radius 1 is 1.18 bits per heavy atom. The van der Waals surface area contributed by atoms with Crippen molar-refractivity contribution in [3.8, 4) is 5.75 Å². The van der Waals surface area contributed by atoms with Gasteiger partial charge in [-0.3, -0.25) is 9.59 Å². The maximum absolute atomic E-state index is 11.5. The zero-order chi connectivity index (χ0) is 16.5. The van der Waals surface area contributed by atoms with Crippen LogP contribution in [0.1, 0.15) is 5.56 Å². The van der Waals surface area contributed by atoms with E-state index in [2.05, 4.69) is 20.7 Å². The Balaban J connectivity index is 2.40. The van der Waals surface area contributed by atoms with Crippen molar-refractivity contribution in [3.63, 3.8) is 0 Å². The minimum absolute atomic E-state index is 0.0436. The Bertz CT molecular complexity index is 563. The maximum Gasteiger partial charge on any atom is 0.325 e. The second kappa shape index (κ2) is 8.83. The van der Waals surface area contributed by atoms with Gasteiger partial charge < -0.3 is 25.4 Å². The van der Waals surface area contributed by atoms with Crippen LogP contribution in [0.3, 0.4) is 0 Å². The van der Waals surface area contributed by atoms with Gasteiger partial charge in [-0.1, -0.05) is 0 Å². The Hall–Kier alpha value is -2.35. The number of rotatable bonds is 6. The summed E-state index contributed by atoms with van der Waals surface area (Å²) in [6.45, 7) is 1.70. The highest BCUT2D eigenvalue weighted by Gasteiger charge is 2.07. The van der Waals surface area contributed by atoms with Crippen LogP contribution in [0.2, 0.25) is 0 Å². The quantitative estimate of drug-likeness (QED) is 0.521. The predicted molar refractivity (Wildman–Crippen MR) is 87.0 cm³/mol. The van der Waals surface area contributed by atoms with Gasteiger partial charge in [-0.25, -0.2) is 0 Å². The fourth-order valence-electron chi connectivity index (χ4n) is 1.54. The number of anilines is 1. The van der Waals surface area contributed by atoms with Crippen LogP contribution in [0.25, 0.3) is 0 Å². The van der Waals surface area contributed by atoms with Crippen molar-refractivity contribution in [1.29, 1.82) is 0 Å². The number of carbonyl (C=O) groups is 2. The summed E-state index contributed by atoms with van der Waals surface area (Å²) in [6, 6.07) is 5.51. The molecule has 0 aliphatic carbocycles. The van der Waals surface area contributed by atoms with Crippen LogP contribution in [0.5, 0.6) is 5.75 Å². The van der Waals surface area contributed by atoms with E-state index in [-0.39, 0.29) is 19.0 Å². The molecule has 0 aliphatic rings. The van der Waals surface area contributed by atoms with E-state index in [1.807, 2.05) is 19.1 Å². The number of nitrogens with one attached hydrogen (secondary N) is 3. The molecule has 0 heterocycles. The van der Waals surface area contributed by atoms with Gasteiger partial charge in [-0.2, -0.15) is 0 Å². The van der Waals surface area contributed by atoms with E-state index in [0.29, 0.717) is 5.11 Å². The lowest BCUT2D eigenvalue weighted by Crippen LogP contribution is -2.40. The molecule has 0 atom stereocenters. The topological polar surface area (TPSA) is 88.7 Å². The molecule has 0 aliphatic heterocycles. The highest BCUT2D eigenvalue weighted by atomic mass is 32.1. The molecule has 22 heavy (non-hydrogen) atoms. The molecular formula is C14H19N3O4S. The van der Waals surface area contributed by atoms with Crippen LogP contribution in [-0.2, 0) is 14.3 Å². The third-order valence-corrected chi connectivity index (χ3v) is 3.00. The molecule has 0 unspecified atom stereocenters. The summed E-state index contributed by atoms with van der Waals surface area (Å²) in [5.41, 5.74) is 1.77. The van der Waals surface area contributed by atoms with Crippen molar-refractivity contribution in [1.82, 2.24) is 10.6 Å². The van der Waals surface area contributed by atoms with E-state index in [9.17, 15) is 9.59 Å². The average Bonchev–Trinajstić information content (AvgIpc) is 2.52. The Labute approximate surface area is 134 Å². The van der Waals surface area contributed by atoms with E-state index < -0.39 is 5.97 Å². The first-order valence-electron chi connectivity index (χ1n) is 6.49. The first-order chi connectivity index (χ1) is 10.5. The molecule has 1 rings (SSSR count). The highest BCUT2D eigenvalue weighted by molar-refractivity contribution is 7.80. The number of thiocarbonyl (C=S) groups is 1. The minimum Gasteiger partial charge on any atom is -0.497 e. The molecule has 0 saturated carbocycles.